The molecular weight excluding hydrogens is 356 g/mol. The molecule has 0 radical (unpaired) electrons. The summed E-state index contributed by atoms with van der Waals surface area (Å²) >= 11 is 0. The first kappa shape index (κ1) is 16.8. The van der Waals surface area contributed by atoms with Crippen LogP contribution < -0.4 is 0 Å². The van der Waals surface area contributed by atoms with Crippen LogP contribution in [0.1, 0.15) is 20.3 Å². The molecule has 0 aromatic heterocycles. The molecule has 0 aromatic rings. The maximum atomic E-state index is 12.1. The van der Waals surface area contributed by atoms with Gasteiger partial charge in [0.25, 0.3) is 10.1 Å². The standard InChI is InChI=1S/C15H22O9S/c1-6-8(25(19,20)21)10-13(4-23-15(6,18)11(13)17)12(2)3-7(16)9(24-10)14(12)5-22-14/h6-11,16-18H,3-5H2,1-2H3,(H,19,20,21)/t6-,7-,8+,9-,10-,11+,12-,13-,14+,15-/m1/s1. The predicted octanol–water partition coefficient (Wildman–Crippen LogP) is -1.73. The molecule has 142 valence electrons. The minimum absolute atomic E-state index is 0.146. The molecule has 2 spiro atoms. The van der Waals surface area contributed by atoms with Crippen LogP contribution in [0.5, 0.6) is 0 Å². The second-order valence-electron chi connectivity index (χ2n) is 8.51. The number of rotatable bonds is 1. The number of hydrogen-bond acceptors (Lipinski definition) is 8. The summed E-state index contributed by atoms with van der Waals surface area (Å²) in [7, 11) is -4.62. The second kappa shape index (κ2) is 4.22. The summed E-state index contributed by atoms with van der Waals surface area (Å²) in [6.07, 6.45) is -3.99. The van der Waals surface area contributed by atoms with Gasteiger partial charge < -0.3 is 29.5 Å². The van der Waals surface area contributed by atoms with E-state index in [9.17, 15) is 28.3 Å². The molecule has 9 nitrogen and oxygen atoms in total. The molecule has 2 saturated carbocycles. The van der Waals surface area contributed by atoms with Crippen LogP contribution in [-0.2, 0) is 24.3 Å². The first-order valence-electron chi connectivity index (χ1n) is 8.44. The molecule has 5 rings (SSSR count). The molecular formula is C15H22O9S. The Balaban J connectivity index is 1.77. The monoisotopic (exact) mass is 378 g/mol. The number of aliphatic hydroxyl groups excluding tert-OH is 2. The van der Waals surface area contributed by atoms with E-state index >= 15 is 0 Å². The Morgan fingerprint density at radius 1 is 1.12 bits per heavy atom. The SMILES string of the molecule is C[C@@H]1[C@H](S(=O)(=O)O)[C@H]2O[C@@H]3[C@H](O)C[C@](C)([C@]24CO[C@@]1(O)[C@H]4O)[C@]31CO1. The van der Waals surface area contributed by atoms with E-state index in [0.717, 1.165) is 0 Å². The Hall–Kier alpha value is -0.330. The molecule has 25 heavy (non-hydrogen) atoms. The highest BCUT2D eigenvalue weighted by Gasteiger charge is 2.88. The van der Waals surface area contributed by atoms with Gasteiger partial charge in [-0.2, -0.15) is 8.42 Å². The Morgan fingerprint density at radius 3 is 2.32 bits per heavy atom. The lowest BCUT2D eigenvalue weighted by atomic mass is 9.49. The van der Waals surface area contributed by atoms with Gasteiger partial charge in [0, 0.05) is 11.3 Å². The Labute approximate surface area is 144 Å². The molecule has 3 aliphatic heterocycles. The fourth-order valence-electron chi connectivity index (χ4n) is 6.38. The Morgan fingerprint density at radius 2 is 1.76 bits per heavy atom. The van der Waals surface area contributed by atoms with Crippen LogP contribution in [-0.4, -0.2) is 82.6 Å². The molecule has 0 aromatic carbocycles. The molecule has 4 bridgehead atoms. The smallest absolute Gasteiger partial charge is 0.270 e. The third-order valence-corrected chi connectivity index (χ3v) is 9.20. The van der Waals surface area contributed by atoms with Gasteiger partial charge in [-0.3, -0.25) is 4.55 Å². The molecule has 0 unspecified atom stereocenters. The van der Waals surface area contributed by atoms with Gasteiger partial charge in [-0.15, -0.1) is 0 Å². The summed E-state index contributed by atoms with van der Waals surface area (Å²) < 4.78 is 51.4. The lowest BCUT2D eigenvalue weighted by Crippen LogP contribution is -2.76. The zero-order chi connectivity index (χ0) is 18.2. The van der Waals surface area contributed by atoms with Crippen LogP contribution in [0, 0.1) is 16.7 Å². The number of fused-ring (bicyclic) bond motifs is 1. The van der Waals surface area contributed by atoms with Crippen molar-refractivity contribution in [1.82, 2.24) is 0 Å². The molecule has 10 atom stereocenters. The van der Waals surface area contributed by atoms with Crippen molar-refractivity contribution in [2.45, 2.75) is 61.3 Å². The van der Waals surface area contributed by atoms with Crippen LogP contribution >= 0.6 is 0 Å². The van der Waals surface area contributed by atoms with Crippen molar-refractivity contribution in [2.24, 2.45) is 16.7 Å². The topological polar surface area (TPSA) is 146 Å². The van der Waals surface area contributed by atoms with Crippen molar-refractivity contribution in [3.05, 3.63) is 0 Å². The third-order valence-electron chi connectivity index (χ3n) is 7.85. The summed E-state index contributed by atoms with van der Waals surface area (Å²) in [5.74, 6) is -3.24. The highest BCUT2D eigenvalue weighted by Crippen LogP contribution is 2.75. The van der Waals surface area contributed by atoms with Crippen LogP contribution in [0.15, 0.2) is 0 Å². The highest BCUT2D eigenvalue weighted by atomic mass is 32.2. The molecule has 10 heteroatoms. The minimum Gasteiger partial charge on any atom is -0.390 e. The van der Waals surface area contributed by atoms with E-state index < -0.39 is 67.9 Å². The van der Waals surface area contributed by atoms with Crippen LogP contribution in [0.3, 0.4) is 0 Å². The first-order valence-corrected chi connectivity index (χ1v) is 9.94. The van der Waals surface area contributed by atoms with E-state index in [0.29, 0.717) is 6.61 Å². The summed E-state index contributed by atoms with van der Waals surface area (Å²) in [6, 6.07) is 0. The van der Waals surface area contributed by atoms with E-state index in [1.807, 2.05) is 6.92 Å². The molecule has 4 N–H and O–H groups in total. The van der Waals surface area contributed by atoms with Gasteiger partial charge in [-0.05, 0) is 6.42 Å². The first-order chi connectivity index (χ1) is 11.5. The maximum Gasteiger partial charge on any atom is 0.270 e. The van der Waals surface area contributed by atoms with Gasteiger partial charge in [-0.25, -0.2) is 0 Å². The maximum absolute atomic E-state index is 12.1. The quantitative estimate of drug-likeness (QED) is 0.309. The van der Waals surface area contributed by atoms with Gasteiger partial charge in [0.1, 0.15) is 23.1 Å². The molecule has 5 aliphatic rings. The van der Waals surface area contributed by atoms with Gasteiger partial charge in [-0.1, -0.05) is 13.8 Å². The molecule has 2 aliphatic carbocycles. The average molecular weight is 378 g/mol. The molecule has 5 fully saturated rings. The lowest BCUT2D eigenvalue weighted by molar-refractivity contribution is -0.300. The van der Waals surface area contributed by atoms with Crippen molar-refractivity contribution < 1.29 is 42.5 Å². The van der Waals surface area contributed by atoms with Crippen molar-refractivity contribution in [1.29, 1.82) is 0 Å². The van der Waals surface area contributed by atoms with Crippen LogP contribution in [0.2, 0.25) is 0 Å². The van der Waals surface area contributed by atoms with E-state index in [2.05, 4.69) is 0 Å². The Kier molecular flexibility index (Phi) is 2.84. The zero-order valence-corrected chi connectivity index (χ0v) is 14.6. The largest absolute Gasteiger partial charge is 0.390 e. The Bertz CT molecular complexity index is 750. The van der Waals surface area contributed by atoms with E-state index in [1.165, 1.54) is 6.92 Å². The van der Waals surface area contributed by atoms with Crippen molar-refractivity contribution in [3.8, 4) is 0 Å². The normalized spacial score (nSPS) is 65.2. The molecule has 3 saturated heterocycles. The third kappa shape index (κ3) is 1.48. The van der Waals surface area contributed by atoms with Gasteiger partial charge in [0.15, 0.2) is 5.79 Å². The van der Waals surface area contributed by atoms with E-state index in [4.69, 9.17) is 14.2 Å². The average Bonchev–Trinajstić information content (AvgIpc) is 3.22. The van der Waals surface area contributed by atoms with E-state index in [-0.39, 0.29) is 13.0 Å². The van der Waals surface area contributed by atoms with Crippen LogP contribution in [0.25, 0.3) is 0 Å². The lowest BCUT2D eigenvalue weighted by Gasteiger charge is -2.60. The molecule has 3 heterocycles. The van der Waals surface area contributed by atoms with Crippen LogP contribution in [0.4, 0.5) is 0 Å². The zero-order valence-electron chi connectivity index (χ0n) is 13.8. The van der Waals surface area contributed by atoms with Crippen molar-refractivity contribution in [2.75, 3.05) is 13.2 Å². The van der Waals surface area contributed by atoms with Crippen molar-refractivity contribution in [3.63, 3.8) is 0 Å². The summed E-state index contributed by atoms with van der Waals surface area (Å²) in [5.41, 5.74) is -3.04. The summed E-state index contributed by atoms with van der Waals surface area (Å²) in [5, 5.41) is 31.0. The molecule has 0 amide bonds. The number of aliphatic hydroxyl groups is 3. The second-order valence-corrected chi connectivity index (χ2v) is 10.1. The van der Waals surface area contributed by atoms with E-state index in [1.54, 1.807) is 0 Å². The van der Waals surface area contributed by atoms with Crippen molar-refractivity contribution >= 4 is 10.1 Å². The highest BCUT2D eigenvalue weighted by molar-refractivity contribution is 7.86. The van der Waals surface area contributed by atoms with Gasteiger partial charge in [0.05, 0.1) is 30.8 Å². The van der Waals surface area contributed by atoms with Gasteiger partial charge >= 0.3 is 0 Å². The summed E-state index contributed by atoms with van der Waals surface area (Å²) in [6.45, 7) is 3.39. The minimum atomic E-state index is -4.62. The number of epoxide rings is 1. The predicted molar refractivity (Wildman–Crippen MR) is 79.9 cm³/mol. The fraction of sp³-hybridized carbons (Fsp3) is 1.00. The summed E-state index contributed by atoms with van der Waals surface area (Å²) in [4.78, 5) is 0. The fourth-order valence-corrected chi connectivity index (χ4v) is 7.71. The number of ether oxygens (including phenoxy) is 3. The number of hydrogen-bond donors (Lipinski definition) is 4. The van der Waals surface area contributed by atoms with Gasteiger partial charge in [0.2, 0.25) is 0 Å².